The molecule has 2 amide bonds. The summed E-state index contributed by atoms with van der Waals surface area (Å²) >= 11 is 0. The molecule has 0 aliphatic heterocycles. The molecule has 5 heteroatoms. The zero-order valence-corrected chi connectivity index (χ0v) is 11.0. The quantitative estimate of drug-likeness (QED) is 0.750. The highest BCUT2D eigenvalue weighted by atomic mass is 16.5. The Morgan fingerprint density at radius 2 is 2.22 bits per heavy atom. The Hall–Kier alpha value is -1.75. The number of anilines is 1. The van der Waals surface area contributed by atoms with Gasteiger partial charge in [0.25, 0.3) is 0 Å². The summed E-state index contributed by atoms with van der Waals surface area (Å²) in [7, 11) is 1.57. The Morgan fingerprint density at radius 3 is 2.83 bits per heavy atom. The lowest BCUT2D eigenvalue weighted by Gasteiger charge is -2.21. The number of methoxy groups -OCH3 is 1. The van der Waals surface area contributed by atoms with Crippen molar-refractivity contribution in [2.24, 2.45) is 0 Å². The molecule has 18 heavy (non-hydrogen) atoms. The van der Waals surface area contributed by atoms with E-state index in [0.717, 1.165) is 0 Å². The molecule has 0 heterocycles. The zero-order valence-electron chi connectivity index (χ0n) is 11.0. The standard InChI is InChI=1S/C13H20N2O3/c1-4-13(2,17)9-14-12(16)15-10-6-5-7-11(8-10)18-3/h5-8,17H,4,9H2,1-3H3,(H2,14,15,16). The van der Waals surface area contributed by atoms with Crippen molar-refractivity contribution in [1.29, 1.82) is 0 Å². The summed E-state index contributed by atoms with van der Waals surface area (Å²) in [6.07, 6.45) is 0.576. The molecule has 1 aromatic rings. The van der Waals surface area contributed by atoms with Crippen molar-refractivity contribution in [1.82, 2.24) is 5.32 Å². The zero-order chi connectivity index (χ0) is 13.6. The topological polar surface area (TPSA) is 70.6 Å². The summed E-state index contributed by atoms with van der Waals surface area (Å²) in [6.45, 7) is 3.75. The van der Waals surface area contributed by atoms with Crippen LogP contribution in [0.1, 0.15) is 20.3 Å². The molecule has 3 N–H and O–H groups in total. The first kappa shape index (κ1) is 14.3. The Balaban J connectivity index is 2.49. The minimum atomic E-state index is -0.883. The summed E-state index contributed by atoms with van der Waals surface area (Å²) in [5.74, 6) is 0.674. The summed E-state index contributed by atoms with van der Waals surface area (Å²) < 4.78 is 5.06. The highest BCUT2D eigenvalue weighted by Crippen LogP contribution is 2.16. The van der Waals surface area contributed by atoms with Gasteiger partial charge in [-0.1, -0.05) is 13.0 Å². The molecule has 0 aliphatic rings. The molecule has 0 aliphatic carbocycles. The van der Waals surface area contributed by atoms with Gasteiger partial charge in [0.05, 0.1) is 12.7 Å². The SMILES string of the molecule is CCC(C)(O)CNC(=O)Nc1cccc(OC)c1. The predicted octanol–water partition coefficient (Wildman–Crippen LogP) is 1.98. The first-order valence-electron chi connectivity index (χ1n) is 5.88. The van der Waals surface area contributed by atoms with Crippen LogP contribution in [0.4, 0.5) is 10.5 Å². The van der Waals surface area contributed by atoms with Crippen LogP contribution in [0.2, 0.25) is 0 Å². The van der Waals surface area contributed by atoms with E-state index in [0.29, 0.717) is 17.9 Å². The maximum Gasteiger partial charge on any atom is 0.319 e. The third-order valence-corrected chi connectivity index (χ3v) is 2.72. The van der Waals surface area contributed by atoms with E-state index in [1.165, 1.54) is 0 Å². The molecular formula is C13H20N2O3. The number of amides is 2. The number of urea groups is 1. The van der Waals surface area contributed by atoms with Crippen molar-refractivity contribution in [2.75, 3.05) is 19.0 Å². The Kier molecular flexibility index (Phi) is 4.97. The monoisotopic (exact) mass is 252 g/mol. The molecule has 1 aromatic carbocycles. The summed E-state index contributed by atoms with van der Waals surface area (Å²) in [5, 5.41) is 15.0. The average Bonchev–Trinajstić information content (AvgIpc) is 2.37. The van der Waals surface area contributed by atoms with Crippen molar-refractivity contribution >= 4 is 11.7 Å². The Bertz CT molecular complexity index is 405. The maximum atomic E-state index is 11.6. The molecule has 1 atom stereocenters. The first-order valence-corrected chi connectivity index (χ1v) is 5.88. The molecule has 1 rings (SSSR count). The third kappa shape index (κ3) is 4.63. The molecule has 0 aromatic heterocycles. The smallest absolute Gasteiger partial charge is 0.319 e. The van der Waals surface area contributed by atoms with Crippen LogP contribution in [0.25, 0.3) is 0 Å². The van der Waals surface area contributed by atoms with E-state index in [2.05, 4.69) is 10.6 Å². The number of aliphatic hydroxyl groups is 1. The number of carbonyl (C=O) groups is 1. The number of rotatable bonds is 5. The van der Waals surface area contributed by atoms with Crippen LogP contribution in [0.5, 0.6) is 5.75 Å². The second-order valence-electron chi connectivity index (χ2n) is 4.39. The fourth-order valence-corrected chi connectivity index (χ4v) is 1.27. The van der Waals surface area contributed by atoms with Gasteiger partial charge in [0.1, 0.15) is 5.75 Å². The fourth-order valence-electron chi connectivity index (χ4n) is 1.27. The summed E-state index contributed by atoms with van der Waals surface area (Å²) in [6, 6.07) is 6.72. The number of hydrogen-bond acceptors (Lipinski definition) is 3. The minimum absolute atomic E-state index is 0.208. The minimum Gasteiger partial charge on any atom is -0.497 e. The lowest BCUT2D eigenvalue weighted by atomic mass is 10.0. The normalized spacial score (nSPS) is 13.6. The lowest BCUT2D eigenvalue weighted by molar-refractivity contribution is 0.0587. The van der Waals surface area contributed by atoms with Crippen molar-refractivity contribution in [3.63, 3.8) is 0 Å². The number of ether oxygens (including phenoxy) is 1. The highest BCUT2D eigenvalue weighted by Gasteiger charge is 2.18. The van der Waals surface area contributed by atoms with Crippen LogP contribution >= 0.6 is 0 Å². The molecule has 0 bridgehead atoms. The van der Waals surface area contributed by atoms with E-state index in [4.69, 9.17) is 4.74 Å². The van der Waals surface area contributed by atoms with Crippen molar-refractivity contribution < 1.29 is 14.6 Å². The maximum absolute atomic E-state index is 11.6. The number of nitrogens with one attached hydrogen (secondary N) is 2. The van der Waals surface area contributed by atoms with Gasteiger partial charge in [-0.05, 0) is 25.5 Å². The van der Waals surface area contributed by atoms with Gasteiger partial charge in [0, 0.05) is 18.3 Å². The van der Waals surface area contributed by atoms with E-state index >= 15 is 0 Å². The van der Waals surface area contributed by atoms with Crippen LogP contribution < -0.4 is 15.4 Å². The molecular weight excluding hydrogens is 232 g/mol. The van der Waals surface area contributed by atoms with Crippen LogP contribution in [-0.2, 0) is 0 Å². The van der Waals surface area contributed by atoms with Gasteiger partial charge in [-0.15, -0.1) is 0 Å². The summed E-state index contributed by atoms with van der Waals surface area (Å²) in [4.78, 5) is 11.6. The van der Waals surface area contributed by atoms with Crippen molar-refractivity contribution in [3.8, 4) is 5.75 Å². The van der Waals surface area contributed by atoms with E-state index in [-0.39, 0.29) is 12.6 Å². The van der Waals surface area contributed by atoms with Gasteiger partial charge in [-0.2, -0.15) is 0 Å². The van der Waals surface area contributed by atoms with E-state index in [1.807, 2.05) is 6.92 Å². The summed E-state index contributed by atoms with van der Waals surface area (Å²) in [5.41, 5.74) is -0.242. The van der Waals surface area contributed by atoms with Crippen LogP contribution in [0.15, 0.2) is 24.3 Å². The fraction of sp³-hybridized carbons (Fsp3) is 0.462. The molecule has 0 saturated carbocycles. The number of hydrogen-bond donors (Lipinski definition) is 3. The Labute approximate surface area is 107 Å². The molecule has 0 saturated heterocycles. The van der Waals surface area contributed by atoms with Gasteiger partial charge < -0.3 is 20.5 Å². The van der Waals surface area contributed by atoms with Crippen molar-refractivity contribution in [2.45, 2.75) is 25.9 Å². The van der Waals surface area contributed by atoms with E-state index in [9.17, 15) is 9.90 Å². The average molecular weight is 252 g/mol. The largest absolute Gasteiger partial charge is 0.497 e. The van der Waals surface area contributed by atoms with Gasteiger partial charge in [0.15, 0.2) is 0 Å². The molecule has 100 valence electrons. The Morgan fingerprint density at radius 1 is 1.50 bits per heavy atom. The van der Waals surface area contributed by atoms with Gasteiger partial charge in [-0.25, -0.2) is 4.79 Å². The predicted molar refractivity (Wildman–Crippen MR) is 70.9 cm³/mol. The van der Waals surface area contributed by atoms with Crippen LogP contribution in [0.3, 0.4) is 0 Å². The van der Waals surface area contributed by atoms with E-state index in [1.54, 1.807) is 38.3 Å². The van der Waals surface area contributed by atoms with Gasteiger partial charge in [-0.3, -0.25) is 0 Å². The van der Waals surface area contributed by atoms with Gasteiger partial charge in [0.2, 0.25) is 0 Å². The van der Waals surface area contributed by atoms with E-state index < -0.39 is 5.60 Å². The van der Waals surface area contributed by atoms with Crippen LogP contribution in [-0.4, -0.2) is 30.4 Å². The highest BCUT2D eigenvalue weighted by molar-refractivity contribution is 5.89. The molecule has 0 fully saturated rings. The van der Waals surface area contributed by atoms with Gasteiger partial charge >= 0.3 is 6.03 Å². The molecule has 0 spiro atoms. The number of benzene rings is 1. The first-order chi connectivity index (χ1) is 8.46. The lowest BCUT2D eigenvalue weighted by Crippen LogP contribution is -2.41. The third-order valence-electron chi connectivity index (χ3n) is 2.72. The second-order valence-corrected chi connectivity index (χ2v) is 4.39. The molecule has 1 unspecified atom stereocenters. The molecule has 0 radical (unpaired) electrons. The second kappa shape index (κ2) is 6.26. The molecule has 5 nitrogen and oxygen atoms in total. The van der Waals surface area contributed by atoms with Crippen LogP contribution in [0, 0.1) is 0 Å². The number of carbonyl (C=O) groups excluding carboxylic acids is 1. The van der Waals surface area contributed by atoms with Crippen molar-refractivity contribution in [3.05, 3.63) is 24.3 Å².